The van der Waals surface area contributed by atoms with Gasteiger partial charge in [-0.05, 0) is 43.5 Å². The molecular formula is C18H26N2O5S. The molecule has 0 bridgehead atoms. The Hall–Kier alpha value is -2.06. The average Bonchev–Trinajstić information content (AvgIpc) is 2.66. The maximum atomic E-state index is 12.1. The van der Waals surface area contributed by atoms with Gasteiger partial charge in [-0.1, -0.05) is 0 Å². The third-order valence-corrected chi connectivity index (χ3v) is 6.24. The standard InChI is InChI=1S/C18H26N2O5S/c1-4-26(22,23)20-9-7-15(8-10-20)19-18(21)6-5-14-11-16(24-2)13-17(12-14)25-3/h5-6,11-13,15H,4,7-10H2,1-3H3,(H,19,21). The fraction of sp³-hybridized carbons (Fsp3) is 0.500. The van der Waals surface area contributed by atoms with Crippen LogP contribution in [0.4, 0.5) is 0 Å². The van der Waals surface area contributed by atoms with Crippen LogP contribution in [0.1, 0.15) is 25.3 Å². The second-order valence-corrected chi connectivity index (χ2v) is 8.32. The summed E-state index contributed by atoms with van der Waals surface area (Å²) in [5.41, 5.74) is 0.792. The molecular weight excluding hydrogens is 356 g/mol. The summed E-state index contributed by atoms with van der Waals surface area (Å²) in [5.74, 6) is 1.20. The Balaban J connectivity index is 1.91. The van der Waals surface area contributed by atoms with E-state index in [2.05, 4.69) is 5.32 Å². The van der Waals surface area contributed by atoms with Crippen LogP contribution in [0.3, 0.4) is 0 Å². The van der Waals surface area contributed by atoms with E-state index in [0.717, 1.165) is 5.56 Å². The van der Waals surface area contributed by atoms with Gasteiger partial charge in [-0.2, -0.15) is 0 Å². The zero-order valence-corrected chi connectivity index (χ0v) is 16.2. The van der Waals surface area contributed by atoms with Gasteiger partial charge in [-0.15, -0.1) is 0 Å². The summed E-state index contributed by atoms with van der Waals surface area (Å²) in [4.78, 5) is 12.1. The molecule has 1 aliphatic heterocycles. The summed E-state index contributed by atoms with van der Waals surface area (Å²) >= 11 is 0. The molecule has 0 unspecified atom stereocenters. The molecule has 0 aliphatic carbocycles. The van der Waals surface area contributed by atoms with Gasteiger partial charge in [0.1, 0.15) is 11.5 Å². The number of nitrogens with one attached hydrogen (secondary N) is 1. The molecule has 0 spiro atoms. The van der Waals surface area contributed by atoms with E-state index in [4.69, 9.17) is 9.47 Å². The Labute approximate surface area is 155 Å². The van der Waals surface area contributed by atoms with Crippen molar-refractivity contribution in [2.45, 2.75) is 25.8 Å². The Morgan fingerprint density at radius 3 is 2.27 bits per heavy atom. The van der Waals surface area contributed by atoms with Crippen molar-refractivity contribution < 1.29 is 22.7 Å². The first-order valence-electron chi connectivity index (χ1n) is 8.57. The summed E-state index contributed by atoms with van der Waals surface area (Å²) in [6, 6.07) is 5.35. The maximum Gasteiger partial charge on any atom is 0.244 e. The number of sulfonamides is 1. The molecule has 144 valence electrons. The fourth-order valence-corrected chi connectivity index (χ4v) is 3.94. The molecule has 1 fully saturated rings. The Kier molecular flexibility index (Phi) is 7.05. The van der Waals surface area contributed by atoms with Crippen LogP contribution in [0.5, 0.6) is 11.5 Å². The fourth-order valence-electron chi connectivity index (χ4n) is 2.81. The van der Waals surface area contributed by atoms with Crippen LogP contribution in [-0.2, 0) is 14.8 Å². The Morgan fingerprint density at radius 1 is 1.19 bits per heavy atom. The minimum Gasteiger partial charge on any atom is -0.497 e. The molecule has 0 atom stereocenters. The highest BCUT2D eigenvalue weighted by molar-refractivity contribution is 7.89. The highest BCUT2D eigenvalue weighted by atomic mass is 32.2. The number of amides is 1. The molecule has 1 heterocycles. The third kappa shape index (κ3) is 5.47. The SMILES string of the molecule is CCS(=O)(=O)N1CCC(NC(=O)C=Cc2cc(OC)cc(OC)c2)CC1. The van der Waals surface area contributed by atoms with Crippen molar-refractivity contribution >= 4 is 22.0 Å². The average molecular weight is 382 g/mol. The van der Waals surface area contributed by atoms with Crippen LogP contribution < -0.4 is 14.8 Å². The van der Waals surface area contributed by atoms with Crippen molar-refractivity contribution in [1.29, 1.82) is 0 Å². The van der Waals surface area contributed by atoms with E-state index in [1.807, 2.05) is 0 Å². The summed E-state index contributed by atoms with van der Waals surface area (Å²) in [6.07, 6.45) is 4.39. The zero-order chi connectivity index (χ0) is 19.2. The van der Waals surface area contributed by atoms with Crippen LogP contribution in [0.25, 0.3) is 6.08 Å². The third-order valence-electron chi connectivity index (χ3n) is 4.36. The molecule has 0 radical (unpaired) electrons. The van der Waals surface area contributed by atoms with Crippen molar-refractivity contribution in [1.82, 2.24) is 9.62 Å². The van der Waals surface area contributed by atoms with Crippen LogP contribution in [0.2, 0.25) is 0 Å². The summed E-state index contributed by atoms with van der Waals surface area (Å²) < 4.78 is 35.6. The van der Waals surface area contributed by atoms with E-state index in [0.29, 0.717) is 37.4 Å². The Bertz CT molecular complexity index is 731. The first-order chi connectivity index (χ1) is 12.4. The maximum absolute atomic E-state index is 12.1. The minimum absolute atomic E-state index is 0.0182. The van der Waals surface area contributed by atoms with E-state index < -0.39 is 10.0 Å². The van der Waals surface area contributed by atoms with Crippen molar-refractivity contribution in [3.05, 3.63) is 29.8 Å². The molecule has 1 aromatic rings. The van der Waals surface area contributed by atoms with Crippen molar-refractivity contribution in [2.24, 2.45) is 0 Å². The number of piperidine rings is 1. The molecule has 7 nitrogen and oxygen atoms in total. The van der Waals surface area contributed by atoms with Gasteiger partial charge in [0.15, 0.2) is 0 Å². The number of ether oxygens (including phenoxy) is 2. The van der Waals surface area contributed by atoms with Crippen LogP contribution in [0, 0.1) is 0 Å². The van der Waals surface area contributed by atoms with E-state index in [9.17, 15) is 13.2 Å². The highest BCUT2D eigenvalue weighted by Crippen LogP contribution is 2.23. The predicted octanol–water partition coefficient (Wildman–Crippen LogP) is 1.65. The van der Waals surface area contributed by atoms with Gasteiger partial charge in [0.25, 0.3) is 0 Å². The van der Waals surface area contributed by atoms with Crippen LogP contribution in [-0.4, -0.2) is 57.7 Å². The van der Waals surface area contributed by atoms with Gasteiger partial charge >= 0.3 is 0 Å². The van der Waals surface area contributed by atoms with Gasteiger partial charge in [-0.25, -0.2) is 12.7 Å². The molecule has 0 aromatic heterocycles. The number of methoxy groups -OCH3 is 2. The normalized spacial score (nSPS) is 16.6. The lowest BCUT2D eigenvalue weighted by molar-refractivity contribution is -0.117. The number of hydrogen-bond donors (Lipinski definition) is 1. The van der Waals surface area contributed by atoms with E-state index in [1.54, 1.807) is 45.4 Å². The molecule has 1 N–H and O–H groups in total. The quantitative estimate of drug-likeness (QED) is 0.725. The first kappa shape index (κ1) is 20.3. The smallest absolute Gasteiger partial charge is 0.244 e. The molecule has 2 rings (SSSR count). The molecule has 1 saturated heterocycles. The molecule has 1 aliphatic rings. The minimum atomic E-state index is -3.15. The first-order valence-corrected chi connectivity index (χ1v) is 10.2. The zero-order valence-electron chi connectivity index (χ0n) is 15.4. The summed E-state index contributed by atoms with van der Waals surface area (Å²) in [6.45, 7) is 2.53. The highest BCUT2D eigenvalue weighted by Gasteiger charge is 2.26. The van der Waals surface area contributed by atoms with E-state index >= 15 is 0 Å². The lowest BCUT2D eigenvalue weighted by Gasteiger charge is -2.31. The van der Waals surface area contributed by atoms with Gasteiger partial charge in [0.05, 0.1) is 20.0 Å². The summed E-state index contributed by atoms with van der Waals surface area (Å²) in [7, 11) is -0.0107. The number of benzene rings is 1. The van der Waals surface area contributed by atoms with Gasteiger partial charge in [0, 0.05) is 31.3 Å². The van der Waals surface area contributed by atoms with Crippen LogP contribution in [0.15, 0.2) is 24.3 Å². The largest absolute Gasteiger partial charge is 0.497 e. The van der Waals surface area contributed by atoms with Crippen molar-refractivity contribution in [3.8, 4) is 11.5 Å². The van der Waals surface area contributed by atoms with E-state index in [1.165, 1.54) is 10.4 Å². The molecule has 0 saturated carbocycles. The monoisotopic (exact) mass is 382 g/mol. The second-order valence-electron chi connectivity index (χ2n) is 6.06. The number of hydrogen-bond acceptors (Lipinski definition) is 5. The number of rotatable bonds is 7. The second kappa shape index (κ2) is 9.05. The summed E-state index contributed by atoms with van der Waals surface area (Å²) in [5, 5.41) is 2.93. The molecule has 8 heteroatoms. The lowest BCUT2D eigenvalue weighted by Crippen LogP contribution is -2.46. The van der Waals surface area contributed by atoms with Gasteiger partial charge in [0.2, 0.25) is 15.9 Å². The number of carbonyl (C=O) groups excluding carboxylic acids is 1. The van der Waals surface area contributed by atoms with E-state index in [-0.39, 0.29) is 17.7 Å². The number of nitrogens with zero attached hydrogens (tertiary/aromatic N) is 1. The van der Waals surface area contributed by atoms with Crippen LogP contribution >= 0.6 is 0 Å². The Morgan fingerprint density at radius 2 is 1.77 bits per heavy atom. The number of carbonyl (C=O) groups is 1. The lowest BCUT2D eigenvalue weighted by atomic mass is 10.1. The molecule has 26 heavy (non-hydrogen) atoms. The van der Waals surface area contributed by atoms with Crippen molar-refractivity contribution in [2.75, 3.05) is 33.1 Å². The van der Waals surface area contributed by atoms with Gasteiger partial charge < -0.3 is 14.8 Å². The topological polar surface area (TPSA) is 84.9 Å². The molecule has 1 aromatic carbocycles. The van der Waals surface area contributed by atoms with Crippen molar-refractivity contribution in [3.63, 3.8) is 0 Å². The predicted molar refractivity (Wildman–Crippen MR) is 101 cm³/mol. The van der Waals surface area contributed by atoms with Gasteiger partial charge in [-0.3, -0.25) is 4.79 Å². The molecule has 1 amide bonds.